The van der Waals surface area contributed by atoms with Crippen LogP contribution in [0.3, 0.4) is 0 Å². The smallest absolute Gasteiger partial charge is 0.137 e. The number of H-pyrrole nitrogens is 1. The lowest BCUT2D eigenvalue weighted by Gasteiger charge is -1.96. The van der Waals surface area contributed by atoms with Gasteiger partial charge < -0.3 is 4.98 Å². The highest BCUT2D eigenvalue weighted by Gasteiger charge is 2.04. The maximum absolute atomic E-state index is 4.38. The summed E-state index contributed by atoms with van der Waals surface area (Å²) in [5, 5.41) is 0. The molecule has 2 aromatic heterocycles. The SMILES string of the molecule is c1ccc(-c2ncc(-c3cccnc3)[nH]2)cc1. The van der Waals surface area contributed by atoms with E-state index >= 15 is 0 Å². The molecule has 0 aliphatic rings. The van der Waals surface area contributed by atoms with E-state index in [0.29, 0.717) is 0 Å². The van der Waals surface area contributed by atoms with Crippen LogP contribution in [0.15, 0.2) is 61.1 Å². The van der Waals surface area contributed by atoms with Gasteiger partial charge in [-0.15, -0.1) is 0 Å². The molecular weight excluding hydrogens is 210 g/mol. The molecule has 0 fully saturated rings. The highest BCUT2D eigenvalue weighted by atomic mass is 14.9. The van der Waals surface area contributed by atoms with Crippen molar-refractivity contribution in [2.75, 3.05) is 0 Å². The molecular formula is C14H11N3. The van der Waals surface area contributed by atoms with Gasteiger partial charge in [0, 0.05) is 23.5 Å². The molecule has 3 heteroatoms. The first-order chi connectivity index (χ1) is 8.43. The van der Waals surface area contributed by atoms with Gasteiger partial charge in [-0.05, 0) is 12.1 Å². The van der Waals surface area contributed by atoms with Crippen molar-refractivity contribution < 1.29 is 0 Å². The lowest BCUT2D eigenvalue weighted by atomic mass is 10.2. The van der Waals surface area contributed by atoms with E-state index in [1.807, 2.05) is 54.9 Å². The summed E-state index contributed by atoms with van der Waals surface area (Å²) in [6, 6.07) is 14.0. The van der Waals surface area contributed by atoms with Crippen molar-refractivity contribution in [1.29, 1.82) is 0 Å². The Labute approximate surface area is 99.2 Å². The molecule has 17 heavy (non-hydrogen) atoms. The average molecular weight is 221 g/mol. The molecule has 0 amide bonds. The molecule has 0 unspecified atom stereocenters. The minimum absolute atomic E-state index is 0.879. The number of aromatic amines is 1. The molecule has 3 aromatic rings. The molecule has 3 rings (SSSR count). The summed E-state index contributed by atoms with van der Waals surface area (Å²) >= 11 is 0. The van der Waals surface area contributed by atoms with Crippen molar-refractivity contribution in [2.24, 2.45) is 0 Å². The van der Waals surface area contributed by atoms with Gasteiger partial charge in [-0.3, -0.25) is 4.98 Å². The van der Waals surface area contributed by atoms with Gasteiger partial charge in [0.15, 0.2) is 0 Å². The predicted molar refractivity (Wildman–Crippen MR) is 67.3 cm³/mol. The summed E-state index contributed by atoms with van der Waals surface area (Å²) in [5.74, 6) is 0.879. The largest absolute Gasteiger partial charge is 0.338 e. The zero-order valence-corrected chi connectivity index (χ0v) is 9.17. The number of rotatable bonds is 2. The topological polar surface area (TPSA) is 41.6 Å². The van der Waals surface area contributed by atoms with E-state index in [1.165, 1.54) is 0 Å². The Morgan fingerprint density at radius 2 is 1.65 bits per heavy atom. The number of hydrogen-bond acceptors (Lipinski definition) is 2. The fourth-order valence-electron chi connectivity index (χ4n) is 1.73. The third-order valence-electron chi connectivity index (χ3n) is 2.60. The monoisotopic (exact) mass is 221 g/mol. The molecule has 0 bridgehead atoms. The molecule has 3 nitrogen and oxygen atoms in total. The summed E-state index contributed by atoms with van der Waals surface area (Å²) in [7, 11) is 0. The van der Waals surface area contributed by atoms with Gasteiger partial charge in [0.25, 0.3) is 0 Å². The van der Waals surface area contributed by atoms with Crippen LogP contribution in [0.25, 0.3) is 22.6 Å². The Morgan fingerprint density at radius 1 is 0.824 bits per heavy atom. The predicted octanol–water partition coefficient (Wildman–Crippen LogP) is 3.14. The number of aromatic nitrogens is 3. The minimum atomic E-state index is 0.879. The molecule has 1 N–H and O–H groups in total. The molecule has 0 aliphatic carbocycles. The quantitative estimate of drug-likeness (QED) is 0.722. The second-order valence-electron chi connectivity index (χ2n) is 3.75. The fourth-order valence-corrected chi connectivity index (χ4v) is 1.73. The molecule has 0 aliphatic heterocycles. The number of nitrogens with zero attached hydrogens (tertiary/aromatic N) is 2. The van der Waals surface area contributed by atoms with Crippen LogP contribution in [-0.4, -0.2) is 15.0 Å². The Bertz CT molecular complexity index is 546. The van der Waals surface area contributed by atoms with E-state index in [4.69, 9.17) is 0 Å². The van der Waals surface area contributed by atoms with Gasteiger partial charge in [-0.25, -0.2) is 4.98 Å². The Balaban J connectivity index is 1.99. The van der Waals surface area contributed by atoms with Crippen LogP contribution < -0.4 is 0 Å². The van der Waals surface area contributed by atoms with E-state index in [9.17, 15) is 0 Å². The maximum Gasteiger partial charge on any atom is 0.137 e. The van der Waals surface area contributed by atoms with E-state index in [0.717, 1.165) is 22.6 Å². The number of hydrogen-bond donors (Lipinski definition) is 1. The van der Waals surface area contributed by atoms with Gasteiger partial charge in [-0.2, -0.15) is 0 Å². The lowest BCUT2D eigenvalue weighted by molar-refractivity contribution is 1.29. The summed E-state index contributed by atoms with van der Waals surface area (Å²) in [4.78, 5) is 11.8. The molecule has 0 radical (unpaired) electrons. The summed E-state index contributed by atoms with van der Waals surface area (Å²) in [5.41, 5.74) is 3.11. The molecule has 0 saturated carbocycles. The van der Waals surface area contributed by atoms with Crippen molar-refractivity contribution in [1.82, 2.24) is 15.0 Å². The van der Waals surface area contributed by atoms with E-state index in [1.54, 1.807) is 6.20 Å². The van der Waals surface area contributed by atoms with Crippen LogP contribution in [0, 0.1) is 0 Å². The first-order valence-electron chi connectivity index (χ1n) is 5.44. The van der Waals surface area contributed by atoms with E-state index in [-0.39, 0.29) is 0 Å². The second kappa shape index (κ2) is 4.22. The van der Waals surface area contributed by atoms with E-state index in [2.05, 4.69) is 15.0 Å². The van der Waals surface area contributed by atoms with Gasteiger partial charge in [0.2, 0.25) is 0 Å². The zero-order valence-electron chi connectivity index (χ0n) is 9.17. The van der Waals surface area contributed by atoms with E-state index < -0.39 is 0 Å². The molecule has 2 heterocycles. The molecule has 0 atom stereocenters. The number of imidazole rings is 1. The van der Waals surface area contributed by atoms with Gasteiger partial charge in [0.1, 0.15) is 5.82 Å². The maximum atomic E-state index is 4.38. The Kier molecular flexibility index (Phi) is 2.43. The molecule has 0 saturated heterocycles. The van der Waals surface area contributed by atoms with Gasteiger partial charge >= 0.3 is 0 Å². The molecule has 0 spiro atoms. The number of nitrogens with one attached hydrogen (secondary N) is 1. The average Bonchev–Trinajstić information content (AvgIpc) is 2.90. The van der Waals surface area contributed by atoms with Crippen LogP contribution in [0.2, 0.25) is 0 Å². The minimum Gasteiger partial charge on any atom is -0.338 e. The summed E-state index contributed by atoms with van der Waals surface area (Å²) < 4.78 is 0. The van der Waals surface area contributed by atoms with Crippen molar-refractivity contribution >= 4 is 0 Å². The number of benzene rings is 1. The Morgan fingerprint density at radius 3 is 2.41 bits per heavy atom. The van der Waals surface area contributed by atoms with Crippen molar-refractivity contribution in [3.63, 3.8) is 0 Å². The van der Waals surface area contributed by atoms with Crippen LogP contribution in [0.4, 0.5) is 0 Å². The van der Waals surface area contributed by atoms with Crippen molar-refractivity contribution in [3.8, 4) is 22.6 Å². The van der Waals surface area contributed by atoms with Crippen LogP contribution >= 0.6 is 0 Å². The lowest BCUT2D eigenvalue weighted by Crippen LogP contribution is -1.81. The standard InChI is InChI=1S/C14H11N3/c1-2-5-11(6-3-1)14-16-10-13(17-14)12-7-4-8-15-9-12/h1-10H,(H,16,17). The molecule has 1 aromatic carbocycles. The van der Waals surface area contributed by atoms with Crippen LogP contribution in [0.5, 0.6) is 0 Å². The highest BCUT2D eigenvalue weighted by molar-refractivity contribution is 5.63. The molecule has 82 valence electrons. The third kappa shape index (κ3) is 1.95. The normalized spacial score (nSPS) is 10.4. The fraction of sp³-hybridized carbons (Fsp3) is 0. The van der Waals surface area contributed by atoms with Crippen molar-refractivity contribution in [3.05, 3.63) is 61.1 Å². The van der Waals surface area contributed by atoms with Crippen molar-refractivity contribution in [2.45, 2.75) is 0 Å². The summed E-state index contributed by atoms with van der Waals surface area (Å²) in [6.07, 6.45) is 5.42. The van der Waals surface area contributed by atoms with Crippen LogP contribution in [0.1, 0.15) is 0 Å². The van der Waals surface area contributed by atoms with Gasteiger partial charge in [0.05, 0.1) is 11.9 Å². The Hall–Kier alpha value is -2.42. The third-order valence-corrected chi connectivity index (χ3v) is 2.60. The second-order valence-corrected chi connectivity index (χ2v) is 3.75. The first-order valence-corrected chi connectivity index (χ1v) is 5.44. The highest BCUT2D eigenvalue weighted by Crippen LogP contribution is 2.20. The number of pyridine rings is 1. The van der Waals surface area contributed by atoms with Crippen LogP contribution in [-0.2, 0) is 0 Å². The summed E-state index contributed by atoms with van der Waals surface area (Å²) in [6.45, 7) is 0. The first kappa shape index (κ1) is 9.78. The van der Waals surface area contributed by atoms with Gasteiger partial charge in [-0.1, -0.05) is 30.3 Å². The zero-order chi connectivity index (χ0) is 11.5.